The smallest absolute Gasteiger partial charge is 0.221 e. The van der Waals surface area contributed by atoms with Crippen molar-refractivity contribution in [3.63, 3.8) is 0 Å². The lowest BCUT2D eigenvalue weighted by atomic mass is 10.1. The topological polar surface area (TPSA) is 65.5 Å². The van der Waals surface area contributed by atoms with Gasteiger partial charge in [0, 0.05) is 38.5 Å². The third-order valence-electron chi connectivity index (χ3n) is 4.12. The molecule has 158 valence electrons. The minimum absolute atomic E-state index is 0. The van der Waals surface area contributed by atoms with E-state index in [1.807, 2.05) is 36.6 Å². The minimum atomic E-state index is -0.208. The average Bonchev–Trinajstić information content (AvgIpc) is 2.67. The van der Waals surface area contributed by atoms with Crippen LogP contribution >= 0.6 is 35.7 Å². The fourth-order valence-electron chi connectivity index (χ4n) is 2.74. The monoisotopic (exact) mass is 530 g/mol. The van der Waals surface area contributed by atoms with Crippen molar-refractivity contribution in [1.82, 2.24) is 10.6 Å². The number of carbonyl (C=O) groups excluding carboxylic acids is 1. The molecule has 0 spiro atoms. The van der Waals surface area contributed by atoms with Gasteiger partial charge >= 0.3 is 0 Å². The van der Waals surface area contributed by atoms with Crippen molar-refractivity contribution in [3.05, 3.63) is 65.0 Å². The Balaban J connectivity index is 0.00000420. The molecule has 0 heterocycles. The van der Waals surface area contributed by atoms with Crippen molar-refractivity contribution >= 4 is 53.3 Å². The van der Waals surface area contributed by atoms with Crippen LogP contribution in [-0.4, -0.2) is 31.7 Å². The third kappa shape index (κ3) is 9.03. The molecule has 2 rings (SSSR count). The molecule has 0 aliphatic carbocycles. The van der Waals surface area contributed by atoms with E-state index in [0.29, 0.717) is 12.5 Å². The Hall–Kier alpha value is -1.81. The van der Waals surface area contributed by atoms with Gasteiger partial charge in [0.1, 0.15) is 5.82 Å². The van der Waals surface area contributed by atoms with Gasteiger partial charge < -0.3 is 16.0 Å². The molecule has 0 saturated carbocycles. The second-order valence-electron chi connectivity index (χ2n) is 6.33. The number of aliphatic imine (C=N–C) groups is 1. The van der Waals surface area contributed by atoms with E-state index in [-0.39, 0.29) is 35.7 Å². The van der Waals surface area contributed by atoms with E-state index in [0.717, 1.165) is 41.1 Å². The number of amides is 1. The highest BCUT2D eigenvalue weighted by Crippen LogP contribution is 2.16. The van der Waals surface area contributed by atoms with E-state index in [1.54, 1.807) is 24.9 Å². The molecule has 0 atom stereocenters. The number of nitrogens with one attached hydrogen (secondary N) is 3. The maximum atomic E-state index is 13.5. The molecule has 0 saturated heterocycles. The molecule has 0 bridgehead atoms. The highest BCUT2D eigenvalue weighted by atomic mass is 127. The molecule has 2 aromatic carbocycles. The van der Waals surface area contributed by atoms with Crippen LogP contribution in [0, 0.1) is 5.82 Å². The first-order valence-corrected chi connectivity index (χ1v) is 10.5. The number of anilines is 1. The highest BCUT2D eigenvalue weighted by molar-refractivity contribution is 14.0. The molecular weight excluding hydrogens is 502 g/mol. The molecule has 2 aromatic rings. The number of guanidine groups is 1. The molecule has 5 nitrogen and oxygen atoms in total. The van der Waals surface area contributed by atoms with E-state index < -0.39 is 0 Å². The standard InChI is InChI=1S/C21H27FN4OS.HI/c1-15(27)26-20-8-4-16(5-9-20)10-11-24-21(23-2)25-13-17-6-7-19(22)12-18(17)14-28-3;/h4-9,12H,10-11,13-14H2,1-3H3,(H,26,27)(H2,23,24,25);1H. The van der Waals surface area contributed by atoms with Crippen LogP contribution in [-0.2, 0) is 23.5 Å². The lowest BCUT2D eigenvalue weighted by molar-refractivity contribution is -0.114. The molecule has 0 aromatic heterocycles. The van der Waals surface area contributed by atoms with E-state index in [1.165, 1.54) is 13.0 Å². The fourth-order valence-corrected chi connectivity index (χ4v) is 3.32. The summed E-state index contributed by atoms with van der Waals surface area (Å²) >= 11 is 1.67. The van der Waals surface area contributed by atoms with Crippen LogP contribution < -0.4 is 16.0 Å². The van der Waals surface area contributed by atoms with Crippen molar-refractivity contribution in [1.29, 1.82) is 0 Å². The summed E-state index contributed by atoms with van der Waals surface area (Å²) in [6.45, 7) is 2.80. The largest absolute Gasteiger partial charge is 0.356 e. The third-order valence-corrected chi connectivity index (χ3v) is 4.72. The Morgan fingerprint density at radius 3 is 2.45 bits per heavy atom. The molecule has 0 aliphatic rings. The summed E-state index contributed by atoms with van der Waals surface area (Å²) in [6.07, 6.45) is 2.83. The Kier molecular flexibility index (Phi) is 11.7. The van der Waals surface area contributed by atoms with Crippen LogP contribution in [0.1, 0.15) is 23.6 Å². The zero-order valence-electron chi connectivity index (χ0n) is 16.9. The Morgan fingerprint density at radius 2 is 1.83 bits per heavy atom. The zero-order valence-corrected chi connectivity index (χ0v) is 20.1. The van der Waals surface area contributed by atoms with Crippen molar-refractivity contribution in [2.75, 3.05) is 25.2 Å². The van der Waals surface area contributed by atoms with Gasteiger partial charge in [-0.1, -0.05) is 18.2 Å². The lowest BCUT2D eigenvalue weighted by Gasteiger charge is -2.14. The van der Waals surface area contributed by atoms with E-state index >= 15 is 0 Å². The predicted molar refractivity (Wildman–Crippen MR) is 132 cm³/mol. The van der Waals surface area contributed by atoms with Gasteiger partial charge in [-0.05, 0) is 53.6 Å². The number of hydrogen-bond donors (Lipinski definition) is 3. The van der Waals surface area contributed by atoms with Gasteiger partial charge in [0.25, 0.3) is 0 Å². The average molecular weight is 530 g/mol. The van der Waals surface area contributed by atoms with Crippen molar-refractivity contribution in [2.45, 2.75) is 25.6 Å². The maximum Gasteiger partial charge on any atom is 0.221 e. The van der Waals surface area contributed by atoms with E-state index in [2.05, 4.69) is 20.9 Å². The lowest BCUT2D eigenvalue weighted by Crippen LogP contribution is -2.38. The number of nitrogens with zero attached hydrogens (tertiary/aromatic N) is 1. The van der Waals surface area contributed by atoms with Gasteiger partial charge in [-0.3, -0.25) is 9.79 Å². The first kappa shape index (κ1) is 25.2. The molecule has 0 fully saturated rings. The van der Waals surface area contributed by atoms with E-state index in [4.69, 9.17) is 0 Å². The highest BCUT2D eigenvalue weighted by Gasteiger charge is 2.05. The van der Waals surface area contributed by atoms with Crippen molar-refractivity contribution in [3.8, 4) is 0 Å². The van der Waals surface area contributed by atoms with Gasteiger partial charge in [-0.25, -0.2) is 4.39 Å². The Bertz CT molecular complexity index is 815. The summed E-state index contributed by atoms with van der Waals surface area (Å²) < 4.78 is 13.5. The number of carbonyl (C=O) groups is 1. The van der Waals surface area contributed by atoms with Gasteiger partial charge in [0.2, 0.25) is 5.91 Å². The van der Waals surface area contributed by atoms with Crippen molar-refractivity contribution in [2.24, 2.45) is 4.99 Å². The number of halogens is 2. The SMILES string of the molecule is CN=C(NCCc1ccc(NC(C)=O)cc1)NCc1ccc(F)cc1CSC.I. The summed E-state index contributed by atoms with van der Waals surface area (Å²) in [5, 5.41) is 9.32. The molecule has 0 unspecified atom stereocenters. The fraction of sp³-hybridized carbons (Fsp3) is 0.333. The maximum absolute atomic E-state index is 13.5. The number of thioether (sulfide) groups is 1. The van der Waals surface area contributed by atoms with Crippen LogP contribution in [0.5, 0.6) is 0 Å². The molecule has 1 amide bonds. The van der Waals surface area contributed by atoms with Crippen LogP contribution in [0.2, 0.25) is 0 Å². The predicted octanol–water partition coefficient (Wildman–Crippen LogP) is 4.17. The number of rotatable bonds is 8. The van der Waals surface area contributed by atoms with Crippen molar-refractivity contribution < 1.29 is 9.18 Å². The Labute approximate surface area is 193 Å². The van der Waals surface area contributed by atoms with Gasteiger partial charge in [-0.2, -0.15) is 11.8 Å². The van der Waals surface area contributed by atoms with Crippen LogP contribution in [0.25, 0.3) is 0 Å². The normalized spacial score (nSPS) is 10.8. The molecule has 29 heavy (non-hydrogen) atoms. The van der Waals surface area contributed by atoms with Crippen LogP contribution in [0.3, 0.4) is 0 Å². The number of benzene rings is 2. The first-order chi connectivity index (χ1) is 13.5. The molecule has 8 heteroatoms. The zero-order chi connectivity index (χ0) is 20.4. The second kappa shape index (κ2) is 13.4. The first-order valence-electron chi connectivity index (χ1n) is 9.09. The summed E-state index contributed by atoms with van der Waals surface area (Å²) in [5.74, 6) is 1.19. The minimum Gasteiger partial charge on any atom is -0.356 e. The quantitative estimate of drug-likeness (QED) is 0.273. The second-order valence-corrected chi connectivity index (χ2v) is 7.19. The van der Waals surface area contributed by atoms with Crippen LogP contribution in [0.4, 0.5) is 10.1 Å². The van der Waals surface area contributed by atoms with E-state index in [9.17, 15) is 9.18 Å². The molecule has 0 aliphatic heterocycles. The van der Waals surface area contributed by atoms with Gasteiger partial charge in [0.05, 0.1) is 0 Å². The summed E-state index contributed by atoms with van der Waals surface area (Å²) in [5.41, 5.74) is 4.02. The van der Waals surface area contributed by atoms with Crippen LogP contribution in [0.15, 0.2) is 47.5 Å². The van der Waals surface area contributed by atoms with Gasteiger partial charge in [0.15, 0.2) is 5.96 Å². The summed E-state index contributed by atoms with van der Waals surface area (Å²) in [7, 11) is 1.73. The summed E-state index contributed by atoms with van der Waals surface area (Å²) in [4.78, 5) is 15.3. The summed E-state index contributed by atoms with van der Waals surface area (Å²) in [6, 6.07) is 12.7. The Morgan fingerprint density at radius 1 is 1.10 bits per heavy atom. The number of hydrogen-bond acceptors (Lipinski definition) is 3. The van der Waals surface area contributed by atoms with Gasteiger partial charge in [-0.15, -0.1) is 24.0 Å². The molecule has 0 radical (unpaired) electrons. The molecule has 3 N–H and O–H groups in total. The molecular formula is C21H28FIN4OS.